The van der Waals surface area contributed by atoms with Gasteiger partial charge in [-0.2, -0.15) is 5.10 Å². The number of fused-ring (bicyclic) bond motifs is 1. The van der Waals surface area contributed by atoms with E-state index < -0.39 is 0 Å². The molecule has 2 heterocycles. The highest BCUT2D eigenvalue weighted by Gasteiger charge is 2.12. The van der Waals surface area contributed by atoms with Gasteiger partial charge in [-0.3, -0.25) is 9.78 Å². The minimum absolute atomic E-state index is 0.333. The van der Waals surface area contributed by atoms with Crippen LogP contribution in [0.4, 0.5) is 0 Å². The molecule has 3 rings (SSSR count). The summed E-state index contributed by atoms with van der Waals surface area (Å²) >= 11 is 3.20. The number of furan rings is 1. The highest BCUT2D eigenvalue weighted by atomic mass is 79.9. The van der Waals surface area contributed by atoms with Gasteiger partial charge in [-0.1, -0.05) is 0 Å². The summed E-state index contributed by atoms with van der Waals surface area (Å²) in [5.74, 6) is 0.853. The summed E-state index contributed by atoms with van der Waals surface area (Å²) in [6, 6.07) is 10.6. The molecule has 6 nitrogen and oxygen atoms in total. The average Bonchev–Trinajstić information content (AvgIpc) is 2.98. The minimum atomic E-state index is -0.333. The molecule has 1 aromatic carbocycles. The summed E-state index contributed by atoms with van der Waals surface area (Å²) in [4.78, 5) is 16.9. The number of ether oxygens (including phenoxy) is 1. The third-order valence-corrected chi connectivity index (χ3v) is 3.77. The molecule has 3 aromatic rings. The second-order valence-corrected chi connectivity index (χ2v) is 5.82. The van der Waals surface area contributed by atoms with E-state index in [9.17, 15) is 4.79 Å². The molecule has 1 N–H and O–H groups in total. The Morgan fingerprint density at radius 2 is 2.17 bits per heavy atom. The summed E-state index contributed by atoms with van der Waals surface area (Å²) < 4.78 is 11.1. The second-order valence-electron chi connectivity index (χ2n) is 5.04. The Bertz CT molecular complexity index is 934. The quantitative estimate of drug-likeness (QED) is 0.547. The molecular weight excluding hydrogens is 374 g/mol. The van der Waals surface area contributed by atoms with Crippen LogP contribution in [0.1, 0.15) is 21.8 Å². The molecule has 0 fully saturated rings. The van der Waals surface area contributed by atoms with Gasteiger partial charge in [0.25, 0.3) is 5.91 Å². The Hall–Kier alpha value is -2.67. The number of carbonyl (C=O) groups excluding carboxylic acids is 1. The maximum Gasteiger partial charge on any atom is 0.272 e. The van der Waals surface area contributed by atoms with Gasteiger partial charge in [0.15, 0.2) is 4.67 Å². The van der Waals surface area contributed by atoms with Crippen molar-refractivity contribution < 1.29 is 13.9 Å². The van der Waals surface area contributed by atoms with Gasteiger partial charge in [-0.05, 0) is 59.3 Å². The third-order valence-electron chi connectivity index (χ3n) is 3.34. The molecule has 0 aliphatic carbocycles. The van der Waals surface area contributed by atoms with Crippen LogP contribution in [0.2, 0.25) is 0 Å². The number of hydrazone groups is 1. The van der Waals surface area contributed by atoms with E-state index >= 15 is 0 Å². The monoisotopic (exact) mass is 387 g/mol. The van der Waals surface area contributed by atoms with E-state index in [-0.39, 0.29) is 5.91 Å². The molecule has 0 saturated carbocycles. The van der Waals surface area contributed by atoms with Crippen LogP contribution >= 0.6 is 15.9 Å². The molecule has 0 aliphatic heterocycles. The Morgan fingerprint density at radius 1 is 1.33 bits per heavy atom. The van der Waals surface area contributed by atoms with Crippen molar-refractivity contribution in [3.63, 3.8) is 0 Å². The maximum atomic E-state index is 12.5. The molecule has 24 heavy (non-hydrogen) atoms. The van der Waals surface area contributed by atoms with E-state index in [0.717, 1.165) is 11.2 Å². The SMILES string of the molecule is COc1ccc2nc(C)cc(C(=O)NN=Cc3ccc(Br)o3)c2c1. The van der Waals surface area contributed by atoms with Crippen LogP contribution in [0, 0.1) is 6.92 Å². The Balaban J connectivity index is 1.89. The van der Waals surface area contributed by atoms with E-state index in [2.05, 4.69) is 31.4 Å². The van der Waals surface area contributed by atoms with Crippen LogP contribution in [0.25, 0.3) is 10.9 Å². The number of aromatic nitrogens is 1. The zero-order valence-electron chi connectivity index (χ0n) is 13.0. The molecule has 0 saturated heterocycles. The summed E-state index contributed by atoms with van der Waals surface area (Å²) in [6.07, 6.45) is 1.43. The van der Waals surface area contributed by atoms with E-state index in [1.54, 1.807) is 31.4 Å². The predicted molar refractivity (Wildman–Crippen MR) is 94.5 cm³/mol. The number of hydrogen-bond acceptors (Lipinski definition) is 5. The average molecular weight is 388 g/mol. The maximum absolute atomic E-state index is 12.5. The zero-order valence-corrected chi connectivity index (χ0v) is 14.6. The number of amides is 1. The van der Waals surface area contributed by atoms with Crippen molar-refractivity contribution in [3.05, 3.63) is 58.1 Å². The topological polar surface area (TPSA) is 76.7 Å². The molecule has 0 bridgehead atoms. The summed E-state index contributed by atoms with van der Waals surface area (Å²) in [6.45, 7) is 1.84. The van der Waals surface area contributed by atoms with Crippen molar-refractivity contribution in [1.29, 1.82) is 0 Å². The fraction of sp³-hybridized carbons (Fsp3) is 0.118. The van der Waals surface area contributed by atoms with Gasteiger partial charge in [-0.25, -0.2) is 5.43 Å². The minimum Gasteiger partial charge on any atom is -0.497 e. The van der Waals surface area contributed by atoms with Gasteiger partial charge < -0.3 is 9.15 Å². The Morgan fingerprint density at radius 3 is 2.88 bits per heavy atom. The fourth-order valence-electron chi connectivity index (χ4n) is 2.26. The van der Waals surface area contributed by atoms with Gasteiger partial charge >= 0.3 is 0 Å². The molecule has 0 atom stereocenters. The first-order chi connectivity index (χ1) is 11.6. The number of halogens is 1. The number of hydrogen-bond donors (Lipinski definition) is 1. The molecule has 0 spiro atoms. The van der Waals surface area contributed by atoms with E-state index in [0.29, 0.717) is 27.1 Å². The van der Waals surface area contributed by atoms with Gasteiger partial charge in [0.2, 0.25) is 0 Å². The number of carbonyl (C=O) groups is 1. The van der Waals surface area contributed by atoms with Crippen LogP contribution < -0.4 is 10.2 Å². The van der Waals surface area contributed by atoms with Crippen molar-refractivity contribution in [2.75, 3.05) is 7.11 Å². The van der Waals surface area contributed by atoms with Crippen LogP contribution in [-0.4, -0.2) is 24.2 Å². The number of pyridine rings is 1. The summed E-state index contributed by atoms with van der Waals surface area (Å²) in [5, 5.41) is 4.62. The Kier molecular flexibility index (Phi) is 4.61. The summed E-state index contributed by atoms with van der Waals surface area (Å²) in [5.41, 5.74) is 4.45. The molecule has 0 radical (unpaired) electrons. The molecule has 2 aromatic heterocycles. The van der Waals surface area contributed by atoms with Crippen molar-refractivity contribution in [2.45, 2.75) is 6.92 Å². The second kappa shape index (κ2) is 6.84. The molecular formula is C17H14BrN3O3. The standard InChI is InChI=1S/C17H14BrN3O3/c1-10-7-14(13-8-11(23-2)3-5-15(13)20-10)17(22)21-19-9-12-4-6-16(18)24-12/h3-9H,1-2H3,(H,21,22). The highest BCUT2D eigenvalue weighted by Crippen LogP contribution is 2.23. The van der Waals surface area contributed by atoms with Crippen molar-refractivity contribution in [1.82, 2.24) is 10.4 Å². The smallest absolute Gasteiger partial charge is 0.272 e. The van der Waals surface area contributed by atoms with E-state index in [4.69, 9.17) is 9.15 Å². The van der Waals surface area contributed by atoms with Crippen molar-refractivity contribution in [3.8, 4) is 5.75 Å². The number of methoxy groups -OCH3 is 1. The van der Waals surface area contributed by atoms with Crippen LogP contribution in [0.15, 0.2) is 50.6 Å². The number of nitrogens with one attached hydrogen (secondary N) is 1. The van der Waals surface area contributed by atoms with Gasteiger partial charge in [0, 0.05) is 11.1 Å². The van der Waals surface area contributed by atoms with Crippen LogP contribution in [0.3, 0.4) is 0 Å². The third kappa shape index (κ3) is 3.46. The lowest BCUT2D eigenvalue weighted by Crippen LogP contribution is -2.18. The number of rotatable bonds is 4. The predicted octanol–water partition coefficient (Wildman–Crippen LogP) is 3.67. The van der Waals surface area contributed by atoms with E-state index in [1.165, 1.54) is 6.21 Å². The van der Waals surface area contributed by atoms with Gasteiger partial charge in [0.05, 0.1) is 24.4 Å². The fourth-order valence-corrected chi connectivity index (χ4v) is 2.58. The first-order valence-electron chi connectivity index (χ1n) is 7.11. The Labute approximate surface area is 146 Å². The van der Waals surface area contributed by atoms with Gasteiger partial charge in [0.1, 0.15) is 11.5 Å². The first-order valence-corrected chi connectivity index (χ1v) is 7.90. The number of aryl methyl sites for hydroxylation is 1. The van der Waals surface area contributed by atoms with Crippen LogP contribution in [-0.2, 0) is 0 Å². The largest absolute Gasteiger partial charge is 0.497 e. The first kappa shape index (κ1) is 16.2. The van der Waals surface area contributed by atoms with Gasteiger partial charge in [-0.15, -0.1) is 0 Å². The lowest BCUT2D eigenvalue weighted by molar-refractivity contribution is 0.0956. The molecule has 0 unspecified atom stereocenters. The lowest BCUT2D eigenvalue weighted by atomic mass is 10.1. The lowest BCUT2D eigenvalue weighted by Gasteiger charge is -2.08. The van der Waals surface area contributed by atoms with E-state index in [1.807, 2.05) is 19.1 Å². The molecule has 1 amide bonds. The van der Waals surface area contributed by atoms with Crippen molar-refractivity contribution >= 4 is 39.0 Å². The summed E-state index contributed by atoms with van der Waals surface area (Å²) in [7, 11) is 1.58. The zero-order chi connectivity index (χ0) is 17.1. The molecule has 122 valence electrons. The molecule has 0 aliphatic rings. The number of nitrogens with zero attached hydrogens (tertiary/aromatic N) is 2. The number of benzene rings is 1. The molecule has 7 heteroatoms. The van der Waals surface area contributed by atoms with Crippen LogP contribution in [0.5, 0.6) is 5.75 Å². The van der Waals surface area contributed by atoms with Crippen molar-refractivity contribution in [2.24, 2.45) is 5.10 Å². The highest BCUT2D eigenvalue weighted by molar-refractivity contribution is 9.10. The normalized spacial score (nSPS) is 11.1.